The highest BCUT2D eigenvalue weighted by atomic mass is 16.6. The fraction of sp³-hybridized carbons (Fsp3) is 0.158. The van der Waals surface area contributed by atoms with Gasteiger partial charge in [-0.25, -0.2) is 9.59 Å². The van der Waals surface area contributed by atoms with Crippen molar-refractivity contribution in [3.8, 4) is 17.2 Å². The third-order valence-electron chi connectivity index (χ3n) is 3.44. The van der Waals surface area contributed by atoms with Crippen LogP contribution in [0.1, 0.15) is 5.56 Å². The summed E-state index contributed by atoms with van der Waals surface area (Å²) in [5.41, 5.74) is 0.495. The Kier molecular flexibility index (Phi) is 7.09. The van der Waals surface area contributed by atoms with E-state index in [-0.39, 0.29) is 18.0 Å². The topological polar surface area (TPSA) is 114 Å². The van der Waals surface area contributed by atoms with E-state index in [0.717, 1.165) is 0 Å². The number of non-ortho nitro benzene ring substituents is 1. The maximum atomic E-state index is 11.9. The zero-order valence-corrected chi connectivity index (χ0v) is 15.1. The van der Waals surface area contributed by atoms with Crippen LogP contribution in [0.15, 0.2) is 48.5 Å². The summed E-state index contributed by atoms with van der Waals surface area (Å²) in [6, 6.07) is 10.0. The zero-order valence-electron chi connectivity index (χ0n) is 15.1. The van der Waals surface area contributed by atoms with Gasteiger partial charge in [0.25, 0.3) is 5.69 Å². The van der Waals surface area contributed by atoms with Gasteiger partial charge in [0.2, 0.25) is 0 Å². The Balaban J connectivity index is 2.04. The first kappa shape index (κ1) is 20.4. The SMILES string of the molecule is COC(=O)COc1cc(C=CC(=O)Oc2ccc([N+](=O)[O-])cc2)ccc1OC. The predicted octanol–water partition coefficient (Wildman–Crippen LogP) is 2.77. The van der Waals surface area contributed by atoms with Gasteiger partial charge >= 0.3 is 11.9 Å². The van der Waals surface area contributed by atoms with Crippen LogP contribution in [0.2, 0.25) is 0 Å². The van der Waals surface area contributed by atoms with Crippen LogP contribution in [0.25, 0.3) is 6.08 Å². The highest BCUT2D eigenvalue weighted by Crippen LogP contribution is 2.28. The van der Waals surface area contributed by atoms with Gasteiger partial charge in [0.1, 0.15) is 5.75 Å². The second kappa shape index (κ2) is 9.72. The van der Waals surface area contributed by atoms with Crippen molar-refractivity contribution >= 4 is 23.7 Å². The number of carbonyl (C=O) groups is 2. The molecule has 0 bridgehead atoms. The Labute approximate surface area is 160 Å². The van der Waals surface area contributed by atoms with E-state index in [2.05, 4.69) is 4.74 Å². The van der Waals surface area contributed by atoms with Crippen LogP contribution in [0.3, 0.4) is 0 Å². The number of esters is 2. The third kappa shape index (κ3) is 5.84. The lowest BCUT2D eigenvalue weighted by atomic mass is 10.2. The van der Waals surface area contributed by atoms with Crippen LogP contribution >= 0.6 is 0 Å². The molecule has 0 aromatic heterocycles. The molecule has 0 atom stereocenters. The molecule has 0 saturated heterocycles. The second-order valence-corrected chi connectivity index (χ2v) is 5.28. The summed E-state index contributed by atoms with van der Waals surface area (Å²) in [5, 5.41) is 10.6. The molecule has 146 valence electrons. The Morgan fingerprint density at radius 1 is 1.07 bits per heavy atom. The number of carbonyl (C=O) groups excluding carboxylic acids is 2. The quantitative estimate of drug-likeness (QED) is 0.223. The predicted molar refractivity (Wildman–Crippen MR) is 98.3 cm³/mol. The lowest BCUT2D eigenvalue weighted by molar-refractivity contribution is -0.384. The first-order valence-electron chi connectivity index (χ1n) is 7.95. The minimum absolute atomic E-state index is 0.104. The Hall–Kier alpha value is -3.88. The molecule has 0 aliphatic heterocycles. The summed E-state index contributed by atoms with van der Waals surface area (Å²) in [7, 11) is 2.70. The summed E-state index contributed by atoms with van der Waals surface area (Å²) in [6.45, 7) is -0.289. The first-order chi connectivity index (χ1) is 13.4. The number of hydrogen-bond acceptors (Lipinski definition) is 8. The highest BCUT2D eigenvalue weighted by molar-refractivity contribution is 5.88. The molecular formula is C19H17NO8. The van der Waals surface area contributed by atoms with Crippen molar-refractivity contribution in [1.82, 2.24) is 0 Å². The van der Waals surface area contributed by atoms with Crippen LogP contribution in [-0.4, -0.2) is 37.7 Å². The summed E-state index contributed by atoms with van der Waals surface area (Å²) in [6.07, 6.45) is 2.67. The van der Waals surface area contributed by atoms with Gasteiger partial charge in [0.05, 0.1) is 19.1 Å². The number of hydrogen-bond donors (Lipinski definition) is 0. The maximum Gasteiger partial charge on any atom is 0.343 e. The molecular weight excluding hydrogens is 370 g/mol. The van der Waals surface area contributed by atoms with Gasteiger partial charge in [-0.1, -0.05) is 6.07 Å². The van der Waals surface area contributed by atoms with Gasteiger partial charge in [-0.05, 0) is 35.9 Å². The molecule has 9 heteroatoms. The summed E-state index contributed by atoms with van der Waals surface area (Å²) < 4.78 is 20.1. The molecule has 2 aromatic rings. The van der Waals surface area contributed by atoms with Crippen molar-refractivity contribution in [3.63, 3.8) is 0 Å². The average molecular weight is 387 g/mol. The molecule has 0 saturated carbocycles. The van der Waals surface area contributed by atoms with E-state index >= 15 is 0 Å². The van der Waals surface area contributed by atoms with Crippen LogP contribution in [0.4, 0.5) is 5.69 Å². The zero-order chi connectivity index (χ0) is 20.5. The minimum Gasteiger partial charge on any atom is -0.493 e. The number of nitro benzene ring substituents is 1. The van der Waals surface area contributed by atoms with E-state index in [1.54, 1.807) is 18.2 Å². The monoisotopic (exact) mass is 387 g/mol. The standard InChI is InChI=1S/C19H17NO8/c1-25-16-9-3-13(11-17(16)27-12-19(22)26-2)4-10-18(21)28-15-7-5-14(6-8-15)20(23)24/h3-11H,12H2,1-2H3. The van der Waals surface area contributed by atoms with E-state index in [1.165, 1.54) is 50.6 Å². The van der Waals surface area contributed by atoms with E-state index in [9.17, 15) is 19.7 Å². The number of ether oxygens (including phenoxy) is 4. The molecule has 28 heavy (non-hydrogen) atoms. The minimum atomic E-state index is -0.665. The summed E-state index contributed by atoms with van der Waals surface area (Å²) >= 11 is 0. The number of methoxy groups -OCH3 is 2. The van der Waals surface area contributed by atoms with Crippen LogP contribution in [0, 0.1) is 10.1 Å². The highest BCUT2D eigenvalue weighted by Gasteiger charge is 2.09. The molecule has 0 aliphatic rings. The Bertz CT molecular complexity index is 889. The average Bonchev–Trinajstić information content (AvgIpc) is 2.70. The van der Waals surface area contributed by atoms with Crippen molar-refractivity contribution in [1.29, 1.82) is 0 Å². The third-order valence-corrected chi connectivity index (χ3v) is 3.44. The van der Waals surface area contributed by atoms with Crippen molar-refractivity contribution in [3.05, 3.63) is 64.2 Å². The molecule has 0 spiro atoms. The van der Waals surface area contributed by atoms with Gasteiger partial charge in [-0.2, -0.15) is 0 Å². The molecule has 0 radical (unpaired) electrons. The van der Waals surface area contributed by atoms with Gasteiger partial charge in [-0.3, -0.25) is 10.1 Å². The molecule has 2 aromatic carbocycles. The molecule has 0 amide bonds. The Morgan fingerprint density at radius 2 is 1.79 bits per heavy atom. The molecule has 0 heterocycles. The second-order valence-electron chi connectivity index (χ2n) is 5.28. The van der Waals surface area contributed by atoms with E-state index < -0.39 is 16.9 Å². The fourth-order valence-electron chi connectivity index (χ4n) is 2.06. The molecule has 9 nitrogen and oxygen atoms in total. The van der Waals surface area contributed by atoms with Gasteiger partial charge in [-0.15, -0.1) is 0 Å². The fourth-order valence-corrected chi connectivity index (χ4v) is 2.06. The van der Waals surface area contributed by atoms with E-state index in [0.29, 0.717) is 17.1 Å². The van der Waals surface area contributed by atoms with Crippen LogP contribution in [-0.2, 0) is 14.3 Å². The first-order valence-corrected chi connectivity index (χ1v) is 7.95. The lowest BCUT2D eigenvalue weighted by Gasteiger charge is -2.10. The van der Waals surface area contributed by atoms with Crippen LogP contribution < -0.4 is 14.2 Å². The number of nitrogens with zero attached hydrogens (tertiary/aromatic N) is 1. The molecule has 0 aliphatic carbocycles. The van der Waals surface area contributed by atoms with Gasteiger partial charge in [0.15, 0.2) is 18.1 Å². The van der Waals surface area contributed by atoms with Crippen LogP contribution in [0.5, 0.6) is 17.2 Å². The number of rotatable bonds is 8. The van der Waals surface area contributed by atoms with Crippen molar-refractivity contribution < 1.29 is 33.5 Å². The number of benzene rings is 2. The molecule has 0 unspecified atom stereocenters. The Morgan fingerprint density at radius 3 is 2.39 bits per heavy atom. The molecule has 0 fully saturated rings. The smallest absolute Gasteiger partial charge is 0.343 e. The summed E-state index contributed by atoms with van der Waals surface area (Å²) in [4.78, 5) is 33.2. The summed E-state index contributed by atoms with van der Waals surface area (Å²) in [5.74, 6) is -0.318. The lowest BCUT2D eigenvalue weighted by Crippen LogP contribution is -2.13. The van der Waals surface area contributed by atoms with Crippen molar-refractivity contribution in [2.45, 2.75) is 0 Å². The maximum absolute atomic E-state index is 11.9. The van der Waals surface area contributed by atoms with Crippen molar-refractivity contribution in [2.75, 3.05) is 20.8 Å². The van der Waals surface area contributed by atoms with Gasteiger partial charge < -0.3 is 18.9 Å². The molecule has 2 rings (SSSR count). The normalized spacial score (nSPS) is 10.4. The van der Waals surface area contributed by atoms with E-state index in [4.69, 9.17) is 14.2 Å². The largest absolute Gasteiger partial charge is 0.493 e. The number of nitro groups is 1. The van der Waals surface area contributed by atoms with Gasteiger partial charge in [0, 0.05) is 18.2 Å². The molecule has 0 N–H and O–H groups in total. The van der Waals surface area contributed by atoms with Crippen molar-refractivity contribution in [2.24, 2.45) is 0 Å². The van der Waals surface area contributed by atoms with E-state index in [1.807, 2.05) is 0 Å².